The molecule has 0 bridgehead atoms. The maximum absolute atomic E-state index is 13.0. The summed E-state index contributed by atoms with van der Waals surface area (Å²) >= 11 is 0. The van der Waals surface area contributed by atoms with Crippen molar-refractivity contribution in [1.29, 1.82) is 0 Å². The van der Waals surface area contributed by atoms with Crippen molar-refractivity contribution in [3.63, 3.8) is 0 Å². The van der Waals surface area contributed by atoms with E-state index in [-0.39, 0.29) is 22.9 Å². The van der Waals surface area contributed by atoms with E-state index in [1.807, 2.05) is 24.3 Å². The first-order valence-electron chi connectivity index (χ1n) is 11.6. The number of nitrogens with zero attached hydrogens (tertiary/aromatic N) is 5. The van der Waals surface area contributed by atoms with Gasteiger partial charge in [-0.2, -0.15) is 18.3 Å². The number of fused-ring (bicyclic) bond motifs is 2. The number of benzene rings is 2. The van der Waals surface area contributed by atoms with Gasteiger partial charge in [-0.25, -0.2) is 14.5 Å². The smallest absolute Gasteiger partial charge is 0.341 e. The van der Waals surface area contributed by atoms with Gasteiger partial charge in [0.2, 0.25) is 0 Å². The Morgan fingerprint density at radius 1 is 1.06 bits per heavy atom. The van der Waals surface area contributed by atoms with Gasteiger partial charge in [0.05, 0.1) is 29.3 Å². The number of nitrogens with one attached hydrogen (secondary N) is 2. The summed E-state index contributed by atoms with van der Waals surface area (Å²) in [5, 5.41) is 4.68. The highest BCUT2D eigenvalue weighted by Crippen LogP contribution is 2.32. The summed E-state index contributed by atoms with van der Waals surface area (Å²) in [7, 11) is 0. The second-order valence-electron chi connectivity index (χ2n) is 9.27. The number of halogens is 3. The maximum Gasteiger partial charge on any atom is 0.416 e. The predicted molar refractivity (Wildman–Crippen MR) is 127 cm³/mol. The number of aromatic amines is 2. The number of rotatable bonds is 4. The molecular formula is C25H22F3N7O. The summed E-state index contributed by atoms with van der Waals surface area (Å²) in [5.74, 6) is 1.90. The van der Waals surface area contributed by atoms with Gasteiger partial charge in [0.1, 0.15) is 11.6 Å². The molecule has 2 N–H and O–H groups in total. The summed E-state index contributed by atoms with van der Waals surface area (Å²) in [6, 6.07) is 12.6. The van der Waals surface area contributed by atoms with Gasteiger partial charge in [-0.15, -0.1) is 0 Å². The van der Waals surface area contributed by atoms with Gasteiger partial charge in [-0.05, 0) is 30.2 Å². The lowest BCUT2D eigenvalue weighted by molar-refractivity contribution is -0.137. The molecule has 0 radical (unpaired) electrons. The third-order valence-corrected chi connectivity index (χ3v) is 6.74. The van der Waals surface area contributed by atoms with Gasteiger partial charge < -0.3 is 9.97 Å². The second kappa shape index (κ2) is 8.30. The Bertz CT molecular complexity index is 1580. The Morgan fingerprint density at radius 3 is 2.58 bits per heavy atom. The van der Waals surface area contributed by atoms with Crippen LogP contribution in [0.2, 0.25) is 0 Å². The summed E-state index contributed by atoms with van der Waals surface area (Å²) < 4.78 is 40.3. The van der Waals surface area contributed by atoms with E-state index in [0.29, 0.717) is 30.3 Å². The standard InChI is InChI=1S/C25H22F3N7O/c1-14-11-34(13-21-30-18-4-2-3-5-19(18)31-21)12-17(14)22-32-24(36)20-10-29-23(35(20)33-22)15-6-8-16(9-7-15)25(26,27)28/h2-10,14,17H,11-13H2,1H3,(H,30,31)(H,32,33,36). The van der Waals surface area contributed by atoms with Crippen molar-refractivity contribution in [3.8, 4) is 11.4 Å². The quantitative estimate of drug-likeness (QED) is 0.391. The van der Waals surface area contributed by atoms with Crippen LogP contribution >= 0.6 is 0 Å². The van der Waals surface area contributed by atoms with Crippen LogP contribution in [0.3, 0.4) is 0 Å². The molecule has 8 nitrogen and oxygen atoms in total. The molecular weight excluding hydrogens is 471 g/mol. The SMILES string of the molecule is CC1CN(Cc2nc3ccccc3[nH]2)CC1c1nn2c(-c3ccc(C(F)(F)F)cc3)ncc2c(=O)[nH]1. The first-order valence-corrected chi connectivity index (χ1v) is 11.6. The molecule has 0 spiro atoms. The highest BCUT2D eigenvalue weighted by molar-refractivity contribution is 5.74. The van der Waals surface area contributed by atoms with E-state index in [9.17, 15) is 18.0 Å². The highest BCUT2D eigenvalue weighted by Gasteiger charge is 2.34. The molecule has 6 rings (SSSR count). The zero-order valence-corrected chi connectivity index (χ0v) is 19.3. The van der Waals surface area contributed by atoms with Crippen LogP contribution in [0.1, 0.15) is 30.1 Å². The Morgan fingerprint density at radius 2 is 1.83 bits per heavy atom. The molecule has 3 aromatic heterocycles. The van der Waals surface area contributed by atoms with Gasteiger partial charge in [-0.1, -0.05) is 31.2 Å². The fourth-order valence-corrected chi connectivity index (χ4v) is 4.93. The van der Waals surface area contributed by atoms with Crippen molar-refractivity contribution < 1.29 is 13.2 Å². The van der Waals surface area contributed by atoms with Crippen LogP contribution in [0.15, 0.2) is 59.5 Å². The van der Waals surface area contributed by atoms with Crippen LogP contribution in [-0.2, 0) is 12.7 Å². The molecule has 36 heavy (non-hydrogen) atoms. The Hall–Kier alpha value is -3.99. The predicted octanol–water partition coefficient (Wildman–Crippen LogP) is 4.22. The molecule has 2 aromatic carbocycles. The van der Waals surface area contributed by atoms with E-state index < -0.39 is 11.7 Å². The molecule has 1 aliphatic heterocycles. The van der Waals surface area contributed by atoms with Crippen molar-refractivity contribution >= 4 is 16.6 Å². The molecule has 4 heterocycles. The van der Waals surface area contributed by atoms with E-state index in [2.05, 4.69) is 36.9 Å². The highest BCUT2D eigenvalue weighted by atomic mass is 19.4. The Kier molecular flexibility index (Phi) is 5.18. The van der Waals surface area contributed by atoms with Crippen LogP contribution in [0.25, 0.3) is 27.9 Å². The minimum Gasteiger partial charge on any atom is -0.341 e. The van der Waals surface area contributed by atoms with E-state index in [4.69, 9.17) is 0 Å². The largest absolute Gasteiger partial charge is 0.416 e. The number of aromatic nitrogens is 6. The van der Waals surface area contributed by atoms with Crippen molar-refractivity contribution in [1.82, 2.24) is 34.4 Å². The second-order valence-corrected chi connectivity index (χ2v) is 9.27. The molecule has 5 aromatic rings. The first kappa shape index (κ1) is 22.5. The zero-order valence-electron chi connectivity index (χ0n) is 19.3. The van der Waals surface area contributed by atoms with Gasteiger partial charge in [0.15, 0.2) is 11.3 Å². The number of alkyl halides is 3. The molecule has 1 fully saturated rings. The summed E-state index contributed by atoms with van der Waals surface area (Å²) in [5.41, 5.74) is 1.50. The number of likely N-dealkylation sites (tertiary alicyclic amines) is 1. The van der Waals surface area contributed by atoms with Crippen molar-refractivity contribution in [3.05, 3.63) is 82.3 Å². The molecule has 1 aliphatic rings. The third-order valence-electron chi connectivity index (χ3n) is 6.74. The van der Waals surface area contributed by atoms with E-state index in [1.54, 1.807) is 0 Å². The summed E-state index contributed by atoms with van der Waals surface area (Å²) in [4.78, 5) is 30.3. The Labute approximate surface area is 202 Å². The minimum atomic E-state index is -4.43. The lowest BCUT2D eigenvalue weighted by Crippen LogP contribution is -2.23. The van der Waals surface area contributed by atoms with Crippen LogP contribution in [0.4, 0.5) is 13.2 Å². The molecule has 0 saturated carbocycles. The molecule has 11 heteroatoms. The number of imidazole rings is 2. The van der Waals surface area contributed by atoms with Gasteiger partial charge in [0.25, 0.3) is 5.56 Å². The molecule has 184 valence electrons. The van der Waals surface area contributed by atoms with Gasteiger partial charge in [0, 0.05) is 24.6 Å². The number of para-hydroxylation sites is 2. The first-order chi connectivity index (χ1) is 17.3. The molecule has 0 amide bonds. The van der Waals surface area contributed by atoms with Crippen molar-refractivity contribution in [2.45, 2.75) is 25.6 Å². The fraction of sp³-hybridized carbons (Fsp3) is 0.280. The fourth-order valence-electron chi connectivity index (χ4n) is 4.93. The van der Waals surface area contributed by atoms with E-state index in [1.165, 1.54) is 22.8 Å². The lowest BCUT2D eigenvalue weighted by atomic mass is 9.97. The third kappa shape index (κ3) is 3.95. The summed E-state index contributed by atoms with van der Waals surface area (Å²) in [6.45, 7) is 4.23. The van der Waals surface area contributed by atoms with Crippen LogP contribution in [0.5, 0.6) is 0 Å². The van der Waals surface area contributed by atoms with E-state index >= 15 is 0 Å². The van der Waals surface area contributed by atoms with Crippen LogP contribution < -0.4 is 5.56 Å². The monoisotopic (exact) mass is 493 g/mol. The van der Waals surface area contributed by atoms with Gasteiger partial charge in [-0.3, -0.25) is 9.69 Å². The zero-order chi connectivity index (χ0) is 25.0. The summed E-state index contributed by atoms with van der Waals surface area (Å²) in [6.07, 6.45) is -3.04. The number of hydrogen-bond acceptors (Lipinski definition) is 5. The maximum atomic E-state index is 13.0. The molecule has 1 saturated heterocycles. The van der Waals surface area contributed by atoms with Gasteiger partial charge >= 0.3 is 6.18 Å². The Balaban J connectivity index is 1.29. The normalized spacial score (nSPS) is 19.0. The minimum absolute atomic E-state index is 0.0330. The average molecular weight is 493 g/mol. The molecule has 2 atom stereocenters. The van der Waals surface area contributed by atoms with E-state index in [0.717, 1.165) is 35.5 Å². The van der Waals surface area contributed by atoms with Crippen LogP contribution in [0, 0.1) is 5.92 Å². The van der Waals surface area contributed by atoms with Crippen molar-refractivity contribution in [2.24, 2.45) is 5.92 Å². The average Bonchev–Trinajstić information content (AvgIpc) is 3.55. The molecule has 0 aliphatic carbocycles. The lowest BCUT2D eigenvalue weighted by Gasteiger charge is -2.14. The number of hydrogen-bond donors (Lipinski definition) is 2. The van der Waals surface area contributed by atoms with Crippen molar-refractivity contribution in [2.75, 3.05) is 13.1 Å². The topological polar surface area (TPSA) is 95.0 Å². The van der Waals surface area contributed by atoms with Crippen LogP contribution in [-0.4, -0.2) is 47.5 Å². The molecule has 2 unspecified atom stereocenters. The number of H-pyrrole nitrogens is 2.